The van der Waals surface area contributed by atoms with E-state index >= 15 is 0 Å². The monoisotopic (exact) mass is 480 g/mol. The van der Waals surface area contributed by atoms with Crippen LogP contribution in [-0.4, -0.2) is 45.1 Å². The van der Waals surface area contributed by atoms with Crippen LogP contribution in [0.4, 0.5) is 5.69 Å². The minimum atomic E-state index is -3.81. The third-order valence-electron chi connectivity index (χ3n) is 5.14. The first kappa shape index (κ1) is 23.3. The quantitative estimate of drug-likeness (QED) is 0.337. The SMILES string of the molecule is COc1ccc(S(=O)(=O)NCCC(=O)Nc2ccc(-c3nc4ccccc4[nH]3)cc2)cc1OC. The summed E-state index contributed by atoms with van der Waals surface area (Å²) in [5.41, 5.74) is 3.32. The van der Waals surface area contributed by atoms with Gasteiger partial charge in [-0.2, -0.15) is 0 Å². The molecule has 0 atom stereocenters. The van der Waals surface area contributed by atoms with Crippen molar-refractivity contribution in [2.24, 2.45) is 0 Å². The number of sulfonamides is 1. The van der Waals surface area contributed by atoms with Gasteiger partial charge in [0.2, 0.25) is 15.9 Å². The highest BCUT2D eigenvalue weighted by Crippen LogP contribution is 2.29. The van der Waals surface area contributed by atoms with E-state index in [1.807, 2.05) is 36.4 Å². The number of ether oxygens (including phenoxy) is 2. The van der Waals surface area contributed by atoms with Crippen molar-refractivity contribution in [1.82, 2.24) is 14.7 Å². The van der Waals surface area contributed by atoms with E-state index in [9.17, 15) is 13.2 Å². The second-order valence-corrected chi connectivity index (χ2v) is 9.16. The highest BCUT2D eigenvalue weighted by Gasteiger charge is 2.17. The smallest absolute Gasteiger partial charge is 0.240 e. The molecule has 34 heavy (non-hydrogen) atoms. The molecule has 10 heteroatoms. The van der Waals surface area contributed by atoms with Crippen molar-refractivity contribution in [2.75, 3.05) is 26.1 Å². The van der Waals surface area contributed by atoms with Crippen molar-refractivity contribution in [3.8, 4) is 22.9 Å². The van der Waals surface area contributed by atoms with E-state index in [0.29, 0.717) is 17.2 Å². The van der Waals surface area contributed by atoms with E-state index in [4.69, 9.17) is 9.47 Å². The number of H-pyrrole nitrogens is 1. The topological polar surface area (TPSA) is 122 Å². The lowest BCUT2D eigenvalue weighted by molar-refractivity contribution is -0.116. The molecule has 0 bridgehead atoms. The zero-order chi connectivity index (χ0) is 24.1. The molecule has 4 rings (SSSR count). The average Bonchev–Trinajstić information content (AvgIpc) is 3.28. The van der Waals surface area contributed by atoms with E-state index in [2.05, 4.69) is 20.0 Å². The predicted molar refractivity (Wildman–Crippen MR) is 130 cm³/mol. The zero-order valence-electron chi connectivity index (χ0n) is 18.7. The van der Waals surface area contributed by atoms with Crippen LogP contribution in [0.25, 0.3) is 22.4 Å². The van der Waals surface area contributed by atoms with Crippen LogP contribution in [0.3, 0.4) is 0 Å². The Morgan fingerprint density at radius 2 is 1.71 bits per heavy atom. The Morgan fingerprint density at radius 1 is 0.971 bits per heavy atom. The lowest BCUT2D eigenvalue weighted by Gasteiger charge is -2.11. The molecule has 0 saturated carbocycles. The lowest BCUT2D eigenvalue weighted by Crippen LogP contribution is -2.27. The van der Waals surface area contributed by atoms with Gasteiger partial charge in [0.1, 0.15) is 5.82 Å². The molecule has 0 spiro atoms. The maximum Gasteiger partial charge on any atom is 0.240 e. The number of carbonyl (C=O) groups excluding carboxylic acids is 1. The number of methoxy groups -OCH3 is 2. The highest BCUT2D eigenvalue weighted by atomic mass is 32.2. The fourth-order valence-corrected chi connectivity index (χ4v) is 4.44. The molecule has 1 heterocycles. The molecule has 1 aromatic heterocycles. The van der Waals surface area contributed by atoms with Gasteiger partial charge in [0.25, 0.3) is 0 Å². The Bertz CT molecular complexity index is 1380. The summed E-state index contributed by atoms with van der Waals surface area (Å²) in [4.78, 5) is 20.1. The summed E-state index contributed by atoms with van der Waals surface area (Å²) in [6, 6.07) is 19.3. The van der Waals surface area contributed by atoms with Gasteiger partial charge in [-0.1, -0.05) is 12.1 Å². The summed E-state index contributed by atoms with van der Waals surface area (Å²) in [6.07, 6.45) is -0.0299. The third-order valence-corrected chi connectivity index (χ3v) is 6.60. The Morgan fingerprint density at radius 3 is 2.41 bits per heavy atom. The van der Waals surface area contributed by atoms with Crippen molar-refractivity contribution in [3.05, 3.63) is 66.7 Å². The number of carbonyl (C=O) groups is 1. The van der Waals surface area contributed by atoms with Gasteiger partial charge in [0.15, 0.2) is 11.5 Å². The van der Waals surface area contributed by atoms with Gasteiger partial charge in [0, 0.05) is 30.3 Å². The second-order valence-electron chi connectivity index (χ2n) is 7.39. The van der Waals surface area contributed by atoms with E-state index in [1.165, 1.54) is 32.4 Å². The van der Waals surface area contributed by atoms with E-state index < -0.39 is 10.0 Å². The number of imidazole rings is 1. The van der Waals surface area contributed by atoms with Gasteiger partial charge in [-0.05, 0) is 48.5 Å². The molecule has 176 valence electrons. The molecule has 0 unspecified atom stereocenters. The van der Waals surface area contributed by atoms with Gasteiger partial charge in [-0.15, -0.1) is 0 Å². The van der Waals surface area contributed by atoms with Gasteiger partial charge in [0.05, 0.1) is 30.1 Å². The molecule has 0 aliphatic rings. The molecule has 0 radical (unpaired) electrons. The molecular formula is C24H24N4O5S. The Balaban J connectivity index is 1.32. The number of aromatic nitrogens is 2. The number of nitrogens with one attached hydrogen (secondary N) is 3. The number of rotatable bonds is 9. The first-order valence-electron chi connectivity index (χ1n) is 10.5. The largest absolute Gasteiger partial charge is 0.493 e. The molecule has 0 saturated heterocycles. The molecular weight excluding hydrogens is 456 g/mol. The van der Waals surface area contributed by atoms with E-state index in [1.54, 1.807) is 12.1 Å². The van der Waals surface area contributed by atoms with Crippen molar-refractivity contribution in [2.45, 2.75) is 11.3 Å². The van der Waals surface area contributed by atoms with E-state index in [-0.39, 0.29) is 23.8 Å². The summed E-state index contributed by atoms with van der Waals surface area (Å²) in [7, 11) is -0.916. The maximum atomic E-state index is 12.5. The van der Waals surface area contributed by atoms with Crippen LogP contribution >= 0.6 is 0 Å². The van der Waals surface area contributed by atoms with Crippen molar-refractivity contribution in [1.29, 1.82) is 0 Å². The first-order chi connectivity index (χ1) is 16.4. The third kappa shape index (κ3) is 5.19. The molecule has 0 fully saturated rings. The summed E-state index contributed by atoms with van der Waals surface area (Å²) in [5.74, 6) is 1.15. The number of nitrogens with zero attached hydrogens (tertiary/aromatic N) is 1. The molecule has 3 N–H and O–H groups in total. The molecule has 4 aromatic rings. The minimum absolute atomic E-state index is 0.0201. The number of para-hydroxylation sites is 2. The van der Waals surface area contributed by atoms with Crippen LogP contribution in [0.2, 0.25) is 0 Å². The van der Waals surface area contributed by atoms with Gasteiger partial charge in [-0.3, -0.25) is 4.79 Å². The number of fused-ring (bicyclic) bond motifs is 1. The number of hydrogen-bond donors (Lipinski definition) is 3. The number of amides is 1. The summed E-state index contributed by atoms with van der Waals surface area (Å²) in [5, 5.41) is 2.77. The Labute approximate surface area is 197 Å². The van der Waals surface area contributed by atoms with Crippen molar-refractivity contribution in [3.63, 3.8) is 0 Å². The normalized spacial score (nSPS) is 11.4. The van der Waals surface area contributed by atoms with E-state index in [0.717, 1.165) is 22.4 Å². The highest BCUT2D eigenvalue weighted by molar-refractivity contribution is 7.89. The maximum absolute atomic E-state index is 12.5. The van der Waals surface area contributed by atoms with Crippen LogP contribution in [0.1, 0.15) is 6.42 Å². The minimum Gasteiger partial charge on any atom is -0.493 e. The predicted octanol–water partition coefficient (Wildman–Crippen LogP) is 3.55. The molecule has 1 amide bonds. The van der Waals surface area contributed by atoms with Crippen molar-refractivity contribution >= 4 is 32.7 Å². The van der Waals surface area contributed by atoms with Crippen LogP contribution in [0.15, 0.2) is 71.6 Å². The molecule has 0 aliphatic heterocycles. The van der Waals surface area contributed by atoms with Crippen LogP contribution in [0.5, 0.6) is 11.5 Å². The van der Waals surface area contributed by atoms with Gasteiger partial charge < -0.3 is 19.8 Å². The van der Waals surface area contributed by atoms with Gasteiger partial charge in [-0.25, -0.2) is 18.1 Å². The fraction of sp³-hybridized carbons (Fsp3) is 0.167. The molecule has 9 nitrogen and oxygen atoms in total. The fourth-order valence-electron chi connectivity index (χ4n) is 3.39. The Hall–Kier alpha value is -3.89. The van der Waals surface area contributed by atoms with Crippen molar-refractivity contribution < 1.29 is 22.7 Å². The molecule has 0 aliphatic carbocycles. The number of hydrogen-bond acceptors (Lipinski definition) is 6. The number of benzene rings is 3. The van der Waals surface area contributed by atoms with Crippen LogP contribution < -0.4 is 19.5 Å². The van der Waals surface area contributed by atoms with Crippen LogP contribution in [-0.2, 0) is 14.8 Å². The lowest BCUT2D eigenvalue weighted by atomic mass is 10.2. The second kappa shape index (κ2) is 9.94. The Kier molecular flexibility index (Phi) is 6.80. The van der Waals surface area contributed by atoms with Gasteiger partial charge >= 0.3 is 0 Å². The average molecular weight is 481 g/mol. The summed E-state index contributed by atoms with van der Waals surface area (Å²) in [6.45, 7) is -0.0560. The molecule has 3 aromatic carbocycles. The zero-order valence-corrected chi connectivity index (χ0v) is 19.5. The first-order valence-corrected chi connectivity index (χ1v) is 11.9. The van der Waals surface area contributed by atoms with Crippen LogP contribution in [0, 0.1) is 0 Å². The number of anilines is 1. The summed E-state index contributed by atoms with van der Waals surface area (Å²) >= 11 is 0. The summed E-state index contributed by atoms with van der Waals surface area (Å²) < 4.78 is 37.8. The standard InChI is InChI=1S/C24H24N4O5S/c1-32-21-12-11-18(15-22(21)33-2)34(30,31)25-14-13-23(29)26-17-9-7-16(8-10-17)24-27-19-5-3-4-6-20(19)28-24/h3-12,15,25H,13-14H2,1-2H3,(H,26,29)(H,27,28). The number of aromatic amines is 1.